The van der Waals surface area contributed by atoms with Crippen LogP contribution in [-0.2, 0) is 4.79 Å². The number of likely N-dealkylation sites (tertiary alicyclic amines) is 1. The predicted octanol–water partition coefficient (Wildman–Crippen LogP) is 2.00. The van der Waals surface area contributed by atoms with Crippen molar-refractivity contribution < 1.29 is 9.59 Å². The second-order valence-electron chi connectivity index (χ2n) is 7.97. The Kier molecular flexibility index (Phi) is 6.66. The van der Waals surface area contributed by atoms with Gasteiger partial charge in [-0.25, -0.2) is 0 Å². The molecular weight excluding hydrogens is 352 g/mol. The summed E-state index contributed by atoms with van der Waals surface area (Å²) in [6.07, 6.45) is 3.01. The number of carbonyl (C=O) groups excluding carboxylic acids is 2. The standard InChI is InChI=1S/C19H28N4O2.ClH/c1-19(2)12-23(9-8-16(19)20)11-17(24)21-15-5-3-4-13(10-15)18(25)22-14-6-7-14;/h3-5,10,14,16H,6-9,11-12,20H2,1-2H3,(H,21,24)(H,22,25);1H. The molecule has 0 aromatic heterocycles. The van der Waals surface area contributed by atoms with E-state index in [-0.39, 0.29) is 35.7 Å². The van der Waals surface area contributed by atoms with Gasteiger partial charge in [-0.3, -0.25) is 14.5 Å². The lowest BCUT2D eigenvalue weighted by molar-refractivity contribution is -0.118. The summed E-state index contributed by atoms with van der Waals surface area (Å²) in [5.74, 6) is -0.142. The highest BCUT2D eigenvalue weighted by atomic mass is 35.5. The van der Waals surface area contributed by atoms with Crippen molar-refractivity contribution in [2.45, 2.75) is 45.2 Å². The minimum atomic E-state index is -0.0784. The van der Waals surface area contributed by atoms with E-state index in [9.17, 15) is 9.59 Å². The van der Waals surface area contributed by atoms with Gasteiger partial charge in [-0.15, -0.1) is 12.4 Å². The maximum Gasteiger partial charge on any atom is 0.251 e. The van der Waals surface area contributed by atoms with Gasteiger partial charge in [-0.05, 0) is 42.9 Å². The highest BCUT2D eigenvalue weighted by molar-refractivity contribution is 5.97. The van der Waals surface area contributed by atoms with Crippen LogP contribution in [-0.4, -0.2) is 48.4 Å². The van der Waals surface area contributed by atoms with Gasteiger partial charge in [0.2, 0.25) is 5.91 Å². The molecule has 0 spiro atoms. The minimum Gasteiger partial charge on any atom is -0.349 e. The van der Waals surface area contributed by atoms with Gasteiger partial charge >= 0.3 is 0 Å². The van der Waals surface area contributed by atoms with E-state index in [1.54, 1.807) is 18.2 Å². The summed E-state index contributed by atoms with van der Waals surface area (Å²) in [7, 11) is 0. The molecule has 1 aromatic rings. The molecule has 1 heterocycles. The average molecular weight is 381 g/mol. The number of halogens is 1. The van der Waals surface area contributed by atoms with Gasteiger partial charge < -0.3 is 16.4 Å². The van der Waals surface area contributed by atoms with Crippen molar-refractivity contribution >= 4 is 29.9 Å². The van der Waals surface area contributed by atoms with Crippen molar-refractivity contribution in [3.63, 3.8) is 0 Å². The first-order valence-electron chi connectivity index (χ1n) is 9.02. The number of piperidine rings is 1. The number of rotatable bonds is 5. The largest absolute Gasteiger partial charge is 0.349 e. The highest BCUT2D eigenvalue weighted by Gasteiger charge is 2.33. The van der Waals surface area contributed by atoms with E-state index in [0.29, 0.717) is 23.8 Å². The smallest absolute Gasteiger partial charge is 0.251 e. The molecule has 1 aliphatic carbocycles. The second kappa shape index (κ2) is 8.37. The van der Waals surface area contributed by atoms with Crippen molar-refractivity contribution in [1.29, 1.82) is 0 Å². The average Bonchev–Trinajstić information content (AvgIpc) is 3.35. The predicted molar refractivity (Wildman–Crippen MR) is 106 cm³/mol. The first kappa shape index (κ1) is 20.7. The number of nitrogens with one attached hydrogen (secondary N) is 2. The Labute approximate surface area is 161 Å². The van der Waals surface area contributed by atoms with E-state index in [1.807, 2.05) is 6.07 Å². The minimum absolute atomic E-state index is 0. The van der Waals surface area contributed by atoms with Gasteiger partial charge in [0.05, 0.1) is 6.54 Å². The third-order valence-corrected chi connectivity index (χ3v) is 5.08. The van der Waals surface area contributed by atoms with E-state index in [2.05, 4.69) is 29.4 Å². The molecule has 2 amide bonds. The molecule has 1 saturated carbocycles. The Hall–Kier alpha value is -1.63. The molecule has 7 heteroatoms. The number of nitrogens with two attached hydrogens (primary N) is 1. The Bertz CT molecular complexity index is 661. The summed E-state index contributed by atoms with van der Waals surface area (Å²) in [6.45, 7) is 6.27. The molecule has 1 unspecified atom stereocenters. The first-order chi connectivity index (χ1) is 11.8. The van der Waals surface area contributed by atoms with E-state index < -0.39 is 0 Å². The van der Waals surface area contributed by atoms with Gasteiger partial charge in [-0.1, -0.05) is 19.9 Å². The summed E-state index contributed by atoms with van der Waals surface area (Å²) in [5.41, 5.74) is 7.39. The molecule has 1 saturated heterocycles. The molecule has 4 N–H and O–H groups in total. The third kappa shape index (κ3) is 5.43. The maximum atomic E-state index is 12.4. The van der Waals surface area contributed by atoms with E-state index in [0.717, 1.165) is 32.4 Å². The van der Waals surface area contributed by atoms with Crippen LogP contribution in [0, 0.1) is 5.41 Å². The molecule has 1 atom stereocenters. The van der Waals surface area contributed by atoms with Crippen LogP contribution in [0.1, 0.15) is 43.5 Å². The van der Waals surface area contributed by atoms with Crippen LogP contribution >= 0.6 is 12.4 Å². The highest BCUT2D eigenvalue weighted by Crippen LogP contribution is 2.27. The number of anilines is 1. The summed E-state index contributed by atoms with van der Waals surface area (Å²) >= 11 is 0. The van der Waals surface area contributed by atoms with Crippen molar-refractivity contribution in [3.05, 3.63) is 29.8 Å². The topological polar surface area (TPSA) is 87.5 Å². The zero-order chi connectivity index (χ0) is 18.0. The fourth-order valence-corrected chi connectivity index (χ4v) is 3.26. The van der Waals surface area contributed by atoms with E-state index in [4.69, 9.17) is 5.73 Å². The molecule has 2 fully saturated rings. The zero-order valence-corrected chi connectivity index (χ0v) is 16.3. The zero-order valence-electron chi connectivity index (χ0n) is 15.5. The van der Waals surface area contributed by atoms with Gasteiger partial charge in [0.1, 0.15) is 0 Å². The molecule has 26 heavy (non-hydrogen) atoms. The molecule has 144 valence electrons. The van der Waals surface area contributed by atoms with Crippen LogP contribution in [0.4, 0.5) is 5.69 Å². The third-order valence-electron chi connectivity index (χ3n) is 5.08. The van der Waals surface area contributed by atoms with Crippen molar-refractivity contribution in [3.8, 4) is 0 Å². The van der Waals surface area contributed by atoms with Crippen molar-refractivity contribution in [1.82, 2.24) is 10.2 Å². The quantitative estimate of drug-likeness (QED) is 0.729. The summed E-state index contributed by atoms with van der Waals surface area (Å²) in [4.78, 5) is 26.6. The Morgan fingerprint density at radius 3 is 2.65 bits per heavy atom. The monoisotopic (exact) mass is 380 g/mol. The normalized spacial score (nSPS) is 22.2. The Balaban J connectivity index is 0.00000243. The van der Waals surface area contributed by atoms with Gasteiger partial charge in [-0.2, -0.15) is 0 Å². The van der Waals surface area contributed by atoms with E-state index >= 15 is 0 Å². The SMILES string of the molecule is CC1(C)CN(CC(=O)Nc2cccc(C(=O)NC3CC3)c2)CCC1N.Cl. The number of amides is 2. The summed E-state index contributed by atoms with van der Waals surface area (Å²) in [5, 5.41) is 5.86. The van der Waals surface area contributed by atoms with Gasteiger partial charge in [0.25, 0.3) is 5.91 Å². The summed E-state index contributed by atoms with van der Waals surface area (Å²) in [6, 6.07) is 7.59. The van der Waals surface area contributed by atoms with Crippen molar-refractivity contribution in [2.24, 2.45) is 11.1 Å². The number of nitrogens with zero attached hydrogens (tertiary/aromatic N) is 1. The lowest BCUT2D eigenvalue weighted by atomic mass is 9.80. The van der Waals surface area contributed by atoms with Gasteiger partial charge in [0, 0.05) is 36.4 Å². The van der Waals surface area contributed by atoms with Crippen LogP contribution in [0.5, 0.6) is 0 Å². The number of carbonyl (C=O) groups is 2. The Morgan fingerprint density at radius 2 is 2.00 bits per heavy atom. The molecule has 0 bridgehead atoms. The molecule has 0 radical (unpaired) electrons. The molecule has 1 aromatic carbocycles. The Morgan fingerprint density at radius 1 is 1.27 bits per heavy atom. The number of hydrogen-bond donors (Lipinski definition) is 3. The lowest BCUT2D eigenvalue weighted by Gasteiger charge is -2.42. The summed E-state index contributed by atoms with van der Waals surface area (Å²) < 4.78 is 0. The fraction of sp³-hybridized carbons (Fsp3) is 0.579. The van der Waals surface area contributed by atoms with Crippen LogP contribution in [0.15, 0.2) is 24.3 Å². The molecule has 2 aliphatic rings. The first-order valence-corrected chi connectivity index (χ1v) is 9.02. The van der Waals surface area contributed by atoms with Crippen molar-refractivity contribution in [2.75, 3.05) is 25.0 Å². The lowest BCUT2D eigenvalue weighted by Crippen LogP contribution is -2.53. The van der Waals surface area contributed by atoms with Crippen LogP contribution in [0.25, 0.3) is 0 Å². The number of hydrogen-bond acceptors (Lipinski definition) is 4. The van der Waals surface area contributed by atoms with Gasteiger partial charge in [0.15, 0.2) is 0 Å². The van der Waals surface area contributed by atoms with Crippen LogP contribution in [0.2, 0.25) is 0 Å². The van der Waals surface area contributed by atoms with Crippen LogP contribution < -0.4 is 16.4 Å². The van der Waals surface area contributed by atoms with E-state index in [1.165, 1.54) is 0 Å². The molecule has 6 nitrogen and oxygen atoms in total. The fourth-order valence-electron chi connectivity index (χ4n) is 3.26. The molecular formula is C19H29ClN4O2. The molecule has 3 rings (SSSR count). The second-order valence-corrected chi connectivity index (χ2v) is 7.97. The maximum absolute atomic E-state index is 12.4. The molecule has 1 aliphatic heterocycles. The number of benzene rings is 1. The van der Waals surface area contributed by atoms with Crippen LogP contribution in [0.3, 0.4) is 0 Å².